The van der Waals surface area contributed by atoms with E-state index in [-0.39, 0.29) is 35.7 Å². The van der Waals surface area contributed by atoms with Gasteiger partial charge in [-0.15, -0.1) is 11.3 Å². The summed E-state index contributed by atoms with van der Waals surface area (Å²) in [6, 6.07) is 4.01. The van der Waals surface area contributed by atoms with Crippen molar-refractivity contribution < 1.29 is 59.3 Å². The van der Waals surface area contributed by atoms with Crippen molar-refractivity contribution in [2.45, 2.75) is 167 Å². The van der Waals surface area contributed by atoms with Gasteiger partial charge in [-0.1, -0.05) is 53.7 Å². The molecule has 1 saturated heterocycles. The molecule has 7 atom stereocenters. The number of fused-ring (bicyclic) bond motifs is 2. The van der Waals surface area contributed by atoms with E-state index in [2.05, 4.69) is 25.3 Å². The number of sulfonamides is 1. The van der Waals surface area contributed by atoms with E-state index in [1.54, 1.807) is 55.0 Å². The Bertz CT molecular complexity index is 2470. The third kappa shape index (κ3) is 13.0. The van der Waals surface area contributed by atoms with Crippen LogP contribution in [0.2, 0.25) is 0 Å². The summed E-state index contributed by atoms with van der Waals surface area (Å²) in [7, 11) is -4.11. The maximum atomic E-state index is 15.0. The second-order valence-corrected chi connectivity index (χ2v) is 22.0. The van der Waals surface area contributed by atoms with Gasteiger partial charge in [-0.2, -0.15) is 13.2 Å². The molecular formula is C49H74F3N7O9S2. The van der Waals surface area contributed by atoms with Gasteiger partial charge in [0.05, 0.1) is 23.1 Å². The molecule has 7 rings (SSSR count). The zero-order valence-corrected chi connectivity index (χ0v) is 43.4. The van der Waals surface area contributed by atoms with Crippen LogP contribution in [0.15, 0.2) is 54.2 Å². The fourth-order valence-corrected chi connectivity index (χ4v) is 10.2. The first-order chi connectivity index (χ1) is 32.9. The average Bonchev–Trinajstić information content (AvgIpc) is 4.05. The summed E-state index contributed by atoms with van der Waals surface area (Å²) >= 11 is 1.34. The molecular weight excluding hydrogens is 952 g/mol. The van der Waals surface area contributed by atoms with Gasteiger partial charge in [-0.05, 0) is 91.0 Å². The smallest absolute Gasteiger partial charge is 0.427 e. The van der Waals surface area contributed by atoms with Crippen LogP contribution in [0, 0.1) is 17.8 Å². The van der Waals surface area contributed by atoms with Crippen LogP contribution in [0.1, 0.15) is 125 Å². The normalized spacial score (nSPS) is 25.9. The van der Waals surface area contributed by atoms with Crippen molar-refractivity contribution in [2.24, 2.45) is 17.8 Å². The third-order valence-electron chi connectivity index (χ3n) is 12.7. The maximum Gasteiger partial charge on any atom is 0.427 e. The zero-order chi connectivity index (χ0) is 52.0. The van der Waals surface area contributed by atoms with Crippen molar-refractivity contribution in [3.05, 3.63) is 54.2 Å². The Kier molecular flexibility index (Phi) is 17.8. The number of ether oxygens (including phenoxy) is 3. The predicted octanol–water partition coefficient (Wildman–Crippen LogP) is 9.51. The quantitative estimate of drug-likeness (QED) is 0.154. The largest absolute Gasteiger partial charge is 0.488 e. The van der Waals surface area contributed by atoms with Crippen LogP contribution in [0.3, 0.4) is 0 Å². The van der Waals surface area contributed by atoms with Crippen LogP contribution in [0.5, 0.6) is 11.6 Å². The average molecular weight is 1030 g/mol. The summed E-state index contributed by atoms with van der Waals surface area (Å²) in [6.45, 7) is 18.1. The molecule has 3 fully saturated rings. The fraction of sp³-hybridized carbons (Fsp3) is 0.612. The molecule has 70 heavy (non-hydrogen) atoms. The van der Waals surface area contributed by atoms with Crippen LogP contribution in [-0.4, -0.2) is 105 Å². The van der Waals surface area contributed by atoms with Gasteiger partial charge < -0.3 is 29.7 Å². The Morgan fingerprint density at radius 3 is 2.31 bits per heavy atom. The predicted molar refractivity (Wildman–Crippen MR) is 266 cm³/mol. The highest BCUT2D eigenvalue weighted by Gasteiger charge is 2.63. The first kappa shape index (κ1) is 55.6. The molecule has 3 N–H and O–H groups in total. The van der Waals surface area contributed by atoms with Crippen LogP contribution in [0.4, 0.5) is 18.0 Å². The summed E-state index contributed by atoms with van der Waals surface area (Å²) in [6.07, 6.45) is 1.63. The minimum atomic E-state index is -4.93. The number of allylic oxidation sites excluding steroid dienone is 1. The lowest BCUT2D eigenvalue weighted by Crippen LogP contribution is -2.59. The van der Waals surface area contributed by atoms with Gasteiger partial charge in [-0.3, -0.25) is 19.1 Å². The molecule has 2 saturated carbocycles. The van der Waals surface area contributed by atoms with Gasteiger partial charge in [-0.25, -0.2) is 28.2 Å². The van der Waals surface area contributed by atoms with Gasteiger partial charge >= 0.3 is 12.3 Å². The van der Waals surface area contributed by atoms with E-state index in [1.165, 1.54) is 23.2 Å². The molecule has 4 amide bonds. The number of hydrogen-bond acceptors (Lipinski definition) is 13. The summed E-state index contributed by atoms with van der Waals surface area (Å²) in [5.74, 6) is -3.06. The number of nitrogens with one attached hydrogen (secondary N) is 3. The summed E-state index contributed by atoms with van der Waals surface area (Å²) in [4.78, 5) is 71.9. The number of pyridine rings is 2. The monoisotopic (exact) mass is 1030 g/mol. The zero-order valence-electron chi connectivity index (χ0n) is 41.8. The van der Waals surface area contributed by atoms with E-state index in [0.29, 0.717) is 79.5 Å². The lowest BCUT2D eigenvalue weighted by atomic mass is 9.88. The van der Waals surface area contributed by atoms with Crippen molar-refractivity contribution in [1.82, 2.24) is 35.2 Å². The van der Waals surface area contributed by atoms with Gasteiger partial charge in [0.2, 0.25) is 33.3 Å². The standard InChI is InChI=1S/C45H56F3N7O9S2.2C2H6.3H2/c1-25(2)62-35-13-12-28(23-50-35)32-19-30(20-33(51-32)38-49-16-17-65-38)63-31-21-34-37(56)53-44(40(58)54-66(60,61)43(7)14-15-43)22-29(44)11-9-8-10-26(3)18-27(4)36(39(57)55(34)24-31)52-41(59)64-42(5,6)45(46,47)48;2*1-2;;;/h9,11-13,16-17,19-20,23,25-27,29,31,34,36H,8,10,14-15,18,21-22,24H2,1-7H3,(H,52,59)(H,53,56)(H,54,58);2*1-2H3;3*1H/b11-9-;;;;;/t26-,27-,29-,31-,34+,36+,44-;;;;;/m1...../s1. The Balaban J connectivity index is 0.00000254. The number of carbonyl (C=O) groups is 4. The maximum absolute atomic E-state index is 15.0. The number of hydrogen-bond donors (Lipinski definition) is 3. The first-order valence-corrected chi connectivity index (χ1v) is 26.4. The van der Waals surface area contributed by atoms with Crippen LogP contribution < -0.4 is 24.8 Å². The number of nitrogens with zero attached hydrogens (tertiary/aromatic N) is 4. The molecule has 3 aromatic heterocycles. The number of alkyl halides is 3. The topological polar surface area (TPSA) is 208 Å². The highest BCUT2D eigenvalue weighted by Crippen LogP contribution is 2.48. The van der Waals surface area contributed by atoms with Gasteiger partial charge in [0.1, 0.15) is 40.2 Å². The van der Waals surface area contributed by atoms with Crippen molar-refractivity contribution in [2.75, 3.05) is 6.54 Å². The van der Waals surface area contributed by atoms with Gasteiger partial charge in [0, 0.05) is 58.2 Å². The number of amides is 4. The molecule has 5 heterocycles. The Hall–Kier alpha value is -5.31. The molecule has 0 aromatic carbocycles. The van der Waals surface area contributed by atoms with E-state index < -0.39 is 85.9 Å². The van der Waals surface area contributed by atoms with Crippen LogP contribution in [0.25, 0.3) is 22.0 Å². The lowest BCUT2D eigenvalue weighted by Gasteiger charge is -2.34. The molecule has 0 bridgehead atoms. The minimum Gasteiger partial charge on any atom is -0.488 e. The highest BCUT2D eigenvalue weighted by molar-refractivity contribution is 7.91. The fourth-order valence-electron chi connectivity index (χ4n) is 8.26. The summed E-state index contributed by atoms with van der Waals surface area (Å²) in [5, 5.41) is 7.59. The number of rotatable bonds is 11. The molecule has 3 aromatic rings. The van der Waals surface area contributed by atoms with E-state index in [4.69, 9.17) is 19.2 Å². The van der Waals surface area contributed by atoms with Crippen LogP contribution >= 0.6 is 11.3 Å². The van der Waals surface area contributed by atoms with E-state index in [9.17, 15) is 40.8 Å². The van der Waals surface area contributed by atoms with E-state index >= 15 is 0 Å². The molecule has 21 heteroatoms. The highest BCUT2D eigenvalue weighted by atomic mass is 32.2. The number of aromatic nitrogens is 3. The molecule has 0 unspecified atom stereocenters. The Morgan fingerprint density at radius 1 is 1.03 bits per heavy atom. The molecule has 16 nitrogen and oxygen atoms in total. The van der Waals surface area contributed by atoms with E-state index in [0.717, 1.165) is 0 Å². The second kappa shape index (κ2) is 22.4. The molecule has 0 radical (unpaired) electrons. The summed E-state index contributed by atoms with van der Waals surface area (Å²) < 4.78 is 86.4. The number of thiazole rings is 1. The van der Waals surface area contributed by atoms with Crippen molar-refractivity contribution in [3.8, 4) is 33.6 Å². The number of alkyl carbamates (subject to hydrolysis) is 1. The molecule has 2 aliphatic carbocycles. The van der Waals surface area contributed by atoms with Crippen LogP contribution in [-0.2, 0) is 29.1 Å². The molecule has 2 aliphatic heterocycles. The van der Waals surface area contributed by atoms with Gasteiger partial charge in [0.15, 0.2) is 0 Å². The minimum absolute atomic E-state index is 0. The van der Waals surface area contributed by atoms with Crippen molar-refractivity contribution in [3.63, 3.8) is 0 Å². The van der Waals surface area contributed by atoms with E-state index in [1.807, 2.05) is 54.5 Å². The Labute approximate surface area is 417 Å². The summed E-state index contributed by atoms with van der Waals surface area (Å²) in [5.41, 5.74) is -3.03. The molecule has 4 aliphatic rings. The first-order valence-electron chi connectivity index (χ1n) is 24.0. The van der Waals surface area contributed by atoms with Crippen molar-refractivity contribution in [1.29, 1.82) is 0 Å². The SMILES string of the molecule is CC.CC.CC(C)Oc1ccc(-c2cc(O[C@@H]3C[C@H]4C(=O)N[C@]5(C(=O)NS(=O)(=O)C6(C)CC6)C[C@H]5/C=C\CC[C@@H](C)C[C@@H](C)[C@H](NC(=O)OC(C)(C)C(F)(F)F)C(=O)N4C3)cc(-c3nccs3)n2)cn1.[HH].[HH].[HH]. The molecule has 0 spiro atoms. The van der Waals surface area contributed by atoms with Crippen molar-refractivity contribution >= 4 is 45.2 Å². The number of halogens is 3. The Morgan fingerprint density at radius 2 is 1.71 bits per heavy atom. The number of carbonyl (C=O) groups excluding carboxylic acids is 4. The third-order valence-corrected chi connectivity index (χ3v) is 15.6. The second-order valence-electron chi connectivity index (χ2n) is 18.9. The van der Waals surface area contributed by atoms with Gasteiger partial charge in [0.25, 0.3) is 5.91 Å². The lowest BCUT2D eigenvalue weighted by molar-refractivity contribution is -0.244. The molecule has 392 valence electrons.